The summed E-state index contributed by atoms with van der Waals surface area (Å²) in [6.45, 7) is 4.13. The van der Waals surface area contributed by atoms with Crippen molar-refractivity contribution in [3.63, 3.8) is 0 Å². The highest BCUT2D eigenvalue weighted by molar-refractivity contribution is 5.71. The highest BCUT2D eigenvalue weighted by Crippen LogP contribution is 2.39. The van der Waals surface area contributed by atoms with E-state index >= 15 is 0 Å². The number of carbonyl (C=O) groups is 1. The summed E-state index contributed by atoms with van der Waals surface area (Å²) in [5.74, 6) is -0.401. The van der Waals surface area contributed by atoms with Crippen LogP contribution < -0.4 is 0 Å². The van der Waals surface area contributed by atoms with Crippen molar-refractivity contribution < 1.29 is 9.90 Å². The van der Waals surface area contributed by atoms with E-state index in [4.69, 9.17) is 0 Å². The second kappa shape index (κ2) is 4.28. The summed E-state index contributed by atoms with van der Waals surface area (Å²) in [4.78, 5) is 11.2. The van der Waals surface area contributed by atoms with E-state index in [0.717, 1.165) is 12.8 Å². The highest BCUT2D eigenvalue weighted by Gasteiger charge is 2.36. The first-order valence-corrected chi connectivity index (χ1v) is 5.87. The van der Waals surface area contributed by atoms with Crippen molar-refractivity contribution >= 4 is 5.97 Å². The topological polar surface area (TPSA) is 37.3 Å². The molecule has 2 heteroatoms. The van der Waals surface area contributed by atoms with Gasteiger partial charge in [-0.2, -0.15) is 0 Å². The fraction of sp³-hybridized carbons (Fsp3) is 0.500. The van der Waals surface area contributed by atoms with Crippen LogP contribution in [-0.2, 0) is 11.2 Å². The number of benzene rings is 1. The van der Waals surface area contributed by atoms with E-state index in [2.05, 4.69) is 32.0 Å². The van der Waals surface area contributed by atoms with Crippen molar-refractivity contribution in [1.29, 1.82) is 0 Å². The van der Waals surface area contributed by atoms with Crippen LogP contribution >= 0.6 is 0 Å². The minimum atomic E-state index is -0.637. The van der Waals surface area contributed by atoms with Crippen molar-refractivity contribution in [2.75, 3.05) is 0 Å². The van der Waals surface area contributed by atoms with E-state index < -0.39 is 5.97 Å². The largest absolute Gasteiger partial charge is 0.481 e. The van der Waals surface area contributed by atoms with E-state index in [9.17, 15) is 9.90 Å². The van der Waals surface area contributed by atoms with Crippen molar-refractivity contribution in [3.05, 3.63) is 34.9 Å². The summed E-state index contributed by atoms with van der Waals surface area (Å²) in [5, 5.41) is 9.19. The highest BCUT2D eigenvalue weighted by atomic mass is 16.4. The van der Waals surface area contributed by atoms with Crippen LogP contribution in [0.1, 0.15) is 29.5 Å². The lowest BCUT2D eigenvalue weighted by Gasteiger charge is -2.13. The van der Waals surface area contributed by atoms with Crippen LogP contribution in [0.15, 0.2) is 18.2 Å². The molecule has 0 spiro atoms. The smallest absolute Gasteiger partial charge is 0.307 e. The Morgan fingerprint density at radius 1 is 1.44 bits per heavy atom. The van der Waals surface area contributed by atoms with Gasteiger partial charge in [0.25, 0.3) is 0 Å². The Morgan fingerprint density at radius 2 is 2.12 bits per heavy atom. The number of aliphatic carboxylic acids is 1. The average Bonchev–Trinajstić information content (AvgIpc) is 2.99. The number of hydrogen-bond acceptors (Lipinski definition) is 1. The minimum absolute atomic E-state index is 0.179. The van der Waals surface area contributed by atoms with Gasteiger partial charge in [0.2, 0.25) is 0 Å². The maximum absolute atomic E-state index is 11.2. The molecule has 86 valence electrons. The maximum atomic E-state index is 11.2. The van der Waals surface area contributed by atoms with Crippen LogP contribution in [0.25, 0.3) is 0 Å². The predicted octanol–water partition coefficient (Wildman–Crippen LogP) is 2.96. The molecular weight excluding hydrogens is 200 g/mol. The van der Waals surface area contributed by atoms with Crippen LogP contribution in [0, 0.1) is 25.7 Å². The second-order valence-electron chi connectivity index (χ2n) is 4.92. The first kappa shape index (κ1) is 11.2. The van der Waals surface area contributed by atoms with Crippen molar-refractivity contribution in [1.82, 2.24) is 0 Å². The molecule has 0 saturated heterocycles. The van der Waals surface area contributed by atoms with Gasteiger partial charge in [0, 0.05) is 0 Å². The third kappa shape index (κ3) is 2.43. The van der Waals surface area contributed by atoms with E-state index in [1.807, 2.05) is 0 Å². The van der Waals surface area contributed by atoms with Gasteiger partial charge in [0.1, 0.15) is 0 Å². The standard InChI is InChI=1S/C14H18O2/c1-9-3-4-12(10(2)7-9)8-13(14(15)16)11-5-6-11/h3-4,7,11,13H,5-6,8H2,1-2H3,(H,15,16). The molecule has 0 bridgehead atoms. The van der Waals surface area contributed by atoms with Gasteiger partial charge in [0.05, 0.1) is 5.92 Å². The van der Waals surface area contributed by atoms with E-state index in [-0.39, 0.29) is 5.92 Å². The van der Waals surface area contributed by atoms with Crippen LogP contribution in [-0.4, -0.2) is 11.1 Å². The molecule has 0 heterocycles. The Kier molecular flexibility index (Phi) is 2.99. The number of carboxylic acid groups (broad SMARTS) is 1. The molecule has 16 heavy (non-hydrogen) atoms. The van der Waals surface area contributed by atoms with Gasteiger partial charge in [-0.3, -0.25) is 4.79 Å². The van der Waals surface area contributed by atoms with Crippen molar-refractivity contribution in [2.24, 2.45) is 11.8 Å². The molecule has 0 radical (unpaired) electrons. The fourth-order valence-electron chi connectivity index (χ4n) is 2.27. The molecule has 1 aromatic rings. The lowest BCUT2D eigenvalue weighted by atomic mass is 9.92. The molecular formula is C14H18O2. The molecule has 2 nitrogen and oxygen atoms in total. The summed E-state index contributed by atoms with van der Waals surface area (Å²) in [6.07, 6.45) is 2.86. The Balaban J connectivity index is 2.15. The number of hydrogen-bond donors (Lipinski definition) is 1. The number of carboxylic acids is 1. The van der Waals surface area contributed by atoms with Crippen LogP contribution in [0.4, 0.5) is 0 Å². The van der Waals surface area contributed by atoms with Crippen molar-refractivity contribution in [3.8, 4) is 0 Å². The summed E-state index contributed by atoms with van der Waals surface area (Å²) in [5.41, 5.74) is 3.64. The third-order valence-electron chi connectivity index (χ3n) is 3.45. The molecule has 0 aromatic heterocycles. The van der Waals surface area contributed by atoms with Gasteiger partial charge in [0.15, 0.2) is 0 Å². The second-order valence-corrected chi connectivity index (χ2v) is 4.92. The van der Waals surface area contributed by atoms with Crippen LogP contribution in [0.5, 0.6) is 0 Å². The zero-order valence-electron chi connectivity index (χ0n) is 9.86. The van der Waals surface area contributed by atoms with Gasteiger partial charge in [-0.05, 0) is 50.2 Å². The lowest BCUT2D eigenvalue weighted by molar-refractivity contribution is -0.142. The molecule has 1 aromatic carbocycles. The van der Waals surface area contributed by atoms with Gasteiger partial charge in [-0.25, -0.2) is 0 Å². The SMILES string of the molecule is Cc1ccc(CC(C(=O)O)C2CC2)c(C)c1. The van der Waals surface area contributed by atoms with Gasteiger partial charge >= 0.3 is 5.97 Å². The zero-order valence-corrected chi connectivity index (χ0v) is 9.86. The molecule has 1 aliphatic carbocycles. The van der Waals surface area contributed by atoms with Crippen molar-refractivity contribution in [2.45, 2.75) is 33.1 Å². The molecule has 0 amide bonds. The van der Waals surface area contributed by atoms with Gasteiger partial charge in [-0.15, -0.1) is 0 Å². The van der Waals surface area contributed by atoms with E-state index in [0.29, 0.717) is 12.3 Å². The predicted molar refractivity (Wildman–Crippen MR) is 63.5 cm³/mol. The monoisotopic (exact) mass is 218 g/mol. The first-order chi connectivity index (χ1) is 7.58. The molecule has 0 aliphatic heterocycles. The summed E-state index contributed by atoms with van der Waals surface area (Å²) < 4.78 is 0. The number of aryl methyl sites for hydroxylation is 2. The summed E-state index contributed by atoms with van der Waals surface area (Å²) in [6, 6.07) is 6.26. The molecule has 2 rings (SSSR count). The maximum Gasteiger partial charge on any atom is 0.307 e. The summed E-state index contributed by atoms with van der Waals surface area (Å²) in [7, 11) is 0. The van der Waals surface area contributed by atoms with E-state index in [1.165, 1.54) is 16.7 Å². The minimum Gasteiger partial charge on any atom is -0.481 e. The molecule has 1 atom stereocenters. The average molecular weight is 218 g/mol. The Bertz CT molecular complexity index is 405. The lowest BCUT2D eigenvalue weighted by Crippen LogP contribution is -2.19. The van der Waals surface area contributed by atoms with Crippen LogP contribution in [0.2, 0.25) is 0 Å². The first-order valence-electron chi connectivity index (χ1n) is 5.87. The number of rotatable bonds is 4. The zero-order chi connectivity index (χ0) is 11.7. The normalized spacial score (nSPS) is 17.1. The van der Waals surface area contributed by atoms with Crippen LogP contribution in [0.3, 0.4) is 0 Å². The fourth-order valence-corrected chi connectivity index (χ4v) is 2.27. The third-order valence-corrected chi connectivity index (χ3v) is 3.45. The molecule has 1 aliphatic rings. The molecule has 1 unspecified atom stereocenters. The van der Waals surface area contributed by atoms with E-state index in [1.54, 1.807) is 0 Å². The molecule has 1 N–H and O–H groups in total. The van der Waals surface area contributed by atoms with Gasteiger partial charge < -0.3 is 5.11 Å². The Morgan fingerprint density at radius 3 is 2.62 bits per heavy atom. The van der Waals surface area contributed by atoms with Gasteiger partial charge in [-0.1, -0.05) is 23.8 Å². The summed E-state index contributed by atoms with van der Waals surface area (Å²) >= 11 is 0. The molecule has 1 fully saturated rings. The Hall–Kier alpha value is -1.31. The quantitative estimate of drug-likeness (QED) is 0.843. The Labute approximate surface area is 96.3 Å². The molecule has 1 saturated carbocycles.